The first kappa shape index (κ1) is 7.00. The third kappa shape index (κ3) is 6.00. The van der Waals surface area contributed by atoms with E-state index in [1.165, 1.54) is 0 Å². The molecular formula is H3FNO4P. The predicted octanol–water partition coefficient (Wildman–Crippen LogP) is -0.515. The molecule has 0 fully saturated rings. The largest absolute Gasteiger partial charge is 0.488 e. The smallest absolute Gasteiger partial charge is 0.302 e. The van der Waals surface area contributed by atoms with Crippen LogP contribution in [0.5, 0.6) is 0 Å². The van der Waals surface area contributed by atoms with Gasteiger partial charge in [0.15, 0.2) is 0 Å². The van der Waals surface area contributed by atoms with Crippen LogP contribution in [0.25, 0.3) is 0 Å². The standard InChI is InChI=1S/FH3NO4P/c1-2-6-7(3,4)5/h2H,(H2,3,4,5). The Hall–Kier alpha value is -0.0000000000000000555. The molecule has 7 heteroatoms. The molecule has 0 aliphatic rings. The number of halogens is 1. The fraction of sp³-hybridized carbons (Fsp3) is 0. The molecule has 0 unspecified atom stereocenters. The van der Waals surface area contributed by atoms with Crippen LogP contribution in [-0.4, -0.2) is 9.79 Å². The molecule has 0 aliphatic carbocycles. The van der Waals surface area contributed by atoms with Crippen LogP contribution < -0.4 is 5.70 Å². The number of phosphoric acid groups is 1. The first-order valence-corrected chi connectivity index (χ1v) is 2.69. The Kier molecular flexibility index (Phi) is 2.34. The molecule has 3 N–H and O–H groups in total. The predicted molar refractivity (Wildman–Crippen MR) is 17.4 cm³/mol. The van der Waals surface area contributed by atoms with E-state index in [1.54, 1.807) is 0 Å². The number of rotatable bonds is 2. The molecule has 0 aliphatic heterocycles. The minimum absolute atomic E-state index is 0.345. The Balaban J connectivity index is 3.36. The molecule has 0 bridgehead atoms. The lowest BCUT2D eigenvalue weighted by Crippen LogP contribution is -1.97. The second kappa shape index (κ2) is 2.34. The molecule has 0 aromatic heterocycles. The van der Waals surface area contributed by atoms with Gasteiger partial charge in [-0.2, -0.15) is 4.62 Å². The van der Waals surface area contributed by atoms with Gasteiger partial charge in [0.05, 0.1) is 0 Å². The molecule has 0 aromatic carbocycles. The maximum atomic E-state index is 10.5. The Morgan fingerprint density at radius 2 is 2.14 bits per heavy atom. The normalized spacial score (nSPS) is 11.9. The lowest BCUT2D eigenvalue weighted by Gasteiger charge is -1.95. The molecule has 0 atom stereocenters. The molecule has 44 valence electrons. The van der Waals surface area contributed by atoms with Crippen molar-refractivity contribution in [3.05, 3.63) is 0 Å². The highest BCUT2D eigenvalue weighted by Gasteiger charge is 2.12. The van der Waals surface area contributed by atoms with Gasteiger partial charge in [-0.1, -0.05) is 0 Å². The molecule has 0 saturated heterocycles. The molecule has 7 heavy (non-hydrogen) atoms. The summed E-state index contributed by atoms with van der Waals surface area (Å²) >= 11 is 0. The van der Waals surface area contributed by atoms with Crippen LogP contribution in [0.15, 0.2) is 0 Å². The summed E-state index contributed by atoms with van der Waals surface area (Å²) in [7, 11) is -4.65. The number of hydrogen-bond donors (Lipinski definition) is 3. The second-order valence-electron chi connectivity index (χ2n) is 0.659. The topological polar surface area (TPSA) is 78.8 Å². The van der Waals surface area contributed by atoms with Gasteiger partial charge in [0.25, 0.3) is 0 Å². The Bertz CT molecular complexity index is 85.7. The summed E-state index contributed by atoms with van der Waals surface area (Å²) in [5.74, 6) is 0. The van der Waals surface area contributed by atoms with Crippen LogP contribution in [0.2, 0.25) is 0 Å². The lowest BCUT2D eigenvalue weighted by molar-refractivity contribution is 0.0143. The monoisotopic (exact) mass is 131 g/mol. The van der Waals surface area contributed by atoms with Crippen LogP contribution in [-0.2, 0) is 9.19 Å². The Labute approximate surface area is 38.2 Å². The average molecular weight is 131 g/mol. The van der Waals surface area contributed by atoms with Gasteiger partial charge in [0.1, 0.15) is 0 Å². The first-order valence-electron chi connectivity index (χ1n) is 1.16. The van der Waals surface area contributed by atoms with Crippen LogP contribution in [0.3, 0.4) is 0 Å². The van der Waals surface area contributed by atoms with Gasteiger partial charge < -0.3 is 9.79 Å². The summed E-state index contributed by atoms with van der Waals surface area (Å²) in [4.78, 5) is 15.2. The van der Waals surface area contributed by atoms with Crippen molar-refractivity contribution in [1.82, 2.24) is 5.70 Å². The van der Waals surface area contributed by atoms with Gasteiger partial charge in [-0.05, 0) is 5.70 Å². The van der Waals surface area contributed by atoms with E-state index < -0.39 is 7.82 Å². The quantitative estimate of drug-likeness (QED) is 0.267. The van der Waals surface area contributed by atoms with Gasteiger partial charge >= 0.3 is 7.82 Å². The van der Waals surface area contributed by atoms with E-state index in [2.05, 4.69) is 4.62 Å². The fourth-order valence-corrected chi connectivity index (χ4v) is 0.135. The summed E-state index contributed by atoms with van der Waals surface area (Å²) in [6, 6.07) is 0. The molecular weight excluding hydrogens is 128 g/mol. The molecule has 0 spiro atoms. The highest BCUT2D eigenvalue weighted by molar-refractivity contribution is 7.46. The fourth-order valence-electron chi connectivity index (χ4n) is 0.0449. The average Bonchev–Trinajstić information content (AvgIpc) is 1.30. The van der Waals surface area contributed by atoms with Crippen molar-refractivity contribution >= 4 is 7.82 Å². The zero-order valence-electron chi connectivity index (χ0n) is 3.04. The SMILES string of the molecule is O=P(O)(O)ONF. The van der Waals surface area contributed by atoms with Crippen molar-refractivity contribution in [1.29, 1.82) is 0 Å². The summed E-state index contributed by atoms with van der Waals surface area (Å²) in [6.07, 6.45) is 0. The maximum Gasteiger partial charge on any atom is 0.488 e. The molecule has 0 aromatic rings. The van der Waals surface area contributed by atoms with E-state index >= 15 is 0 Å². The zero-order valence-corrected chi connectivity index (χ0v) is 3.93. The van der Waals surface area contributed by atoms with Crippen LogP contribution >= 0.6 is 7.82 Å². The van der Waals surface area contributed by atoms with Gasteiger partial charge in [0.2, 0.25) is 0 Å². The first-order chi connectivity index (χ1) is 3.06. The van der Waals surface area contributed by atoms with Crippen LogP contribution in [0, 0.1) is 0 Å². The van der Waals surface area contributed by atoms with Crippen molar-refractivity contribution in [2.45, 2.75) is 0 Å². The molecule has 0 heterocycles. The zero-order chi connectivity index (χ0) is 5.91. The van der Waals surface area contributed by atoms with Gasteiger partial charge in [-0.3, -0.25) is 0 Å². The van der Waals surface area contributed by atoms with Crippen LogP contribution in [0.1, 0.15) is 0 Å². The van der Waals surface area contributed by atoms with E-state index in [1.807, 2.05) is 0 Å². The van der Waals surface area contributed by atoms with Crippen molar-refractivity contribution in [3.63, 3.8) is 0 Å². The maximum absolute atomic E-state index is 10.5. The van der Waals surface area contributed by atoms with E-state index in [9.17, 15) is 9.05 Å². The molecule has 0 rings (SSSR count). The van der Waals surface area contributed by atoms with Crippen molar-refractivity contribution in [3.8, 4) is 0 Å². The van der Waals surface area contributed by atoms with E-state index in [4.69, 9.17) is 9.79 Å². The van der Waals surface area contributed by atoms with Crippen molar-refractivity contribution in [2.75, 3.05) is 0 Å². The van der Waals surface area contributed by atoms with Gasteiger partial charge in [0, 0.05) is 0 Å². The summed E-state index contributed by atoms with van der Waals surface area (Å²) < 4.78 is 22.9. The summed E-state index contributed by atoms with van der Waals surface area (Å²) in [5, 5.41) is 0. The van der Waals surface area contributed by atoms with Crippen LogP contribution in [0.4, 0.5) is 4.48 Å². The molecule has 5 nitrogen and oxygen atoms in total. The third-order valence-electron chi connectivity index (χ3n) is 0.153. The molecule has 0 radical (unpaired) electrons. The van der Waals surface area contributed by atoms with Crippen molar-refractivity contribution < 1.29 is 23.5 Å². The van der Waals surface area contributed by atoms with E-state index in [-0.39, 0.29) is 0 Å². The number of hydrogen-bond acceptors (Lipinski definition) is 3. The Morgan fingerprint density at radius 3 is 2.14 bits per heavy atom. The highest BCUT2D eigenvalue weighted by atomic mass is 31.2. The molecule has 0 saturated carbocycles. The lowest BCUT2D eigenvalue weighted by atomic mass is 13.4. The van der Waals surface area contributed by atoms with E-state index in [0.717, 1.165) is 0 Å². The minimum Gasteiger partial charge on any atom is -0.302 e. The highest BCUT2D eigenvalue weighted by Crippen LogP contribution is 2.33. The Morgan fingerprint density at radius 1 is 1.71 bits per heavy atom. The number of nitrogens with one attached hydrogen (secondary N) is 1. The van der Waals surface area contributed by atoms with Gasteiger partial charge in [-0.15, -0.1) is 4.48 Å². The summed E-state index contributed by atoms with van der Waals surface area (Å²) in [6.45, 7) is 0. The van der Waals surface area contributed by atoms with Gasteiger partial charge in [-0.25, -0.2) is 4.57 Å². The molecule has 0 amide bonds. The second-order valence-corrected chi connectivity index (χ2v) is 1.82. The summed E-state index contributed by atoms with van der Waals surface area (Å²) in [5.41, 5.74) is 0.345. The minimum atomic E-state index is -4.65. The van der Waals surface area contributed by atoms with Crippen molar-refractivity contribution in [2.24, 2.45) is 0 Å². The van der Waals surface area contributed by atoms with E-state index in [0.29, 0.717) is 5.70 Å². The third-order valence-corrected chi connectivity index (χ3v) is 0.460.